The minimum Gasteiger partial charge on any atom is -0.397 e. The molecule has 1 fully saturated rings. The third-order valence-electron chi connectivity index (χ3n) is 3.45. The van der Waals surface area contributed by atoms with Crippen molar-refractivity contribution in [3.63, 3.8) is 0 Å². The molecule has 1 aromatic rings. The zero-order chi connectivity index (χ0) is 12.3. The van der Waals surface area contributed by atoms with Gasteiger partial charge in [0.05, 0.1) is 11.4 Å². The zero-order valence-electron chi connectivity index (χ0n) is 10.2. The molecule has 2 rings (SSSR count). The molecule has 1 aromatic carbocycles. The van der Waals surface area contributed by atoms with Gasteiger partial charge in [0.25, 0.3) is 0 Å². The second kappa shape index (κ2) is 5.61. The number of likely N-dealkylation sites (tertiary alicyclic amines) is 1. The van der Waals surface area contributed by atoms with Crippen molar-refractivity contribution in [2.75, 3.05) is 30.7 Å². The molecule has 1 saturated heterocycles. The number of nitrogen functional groups attached to an aromatic ring is 1. The summed E-state index contributed by atoms with van der Waals surface area (Å²) in [6, 6.07) is 6.24. The van der Waals surface area contributed by atoms with E-state index >= 15 is 0 Å². The first kappa shape index (κ1) is 12.5. The molecule has 0 radical (unpaired) electrons. The summed E-state index contributed by atoms with van der Waals surface area (Å²) in [5.41, 5.74) is 7.62. The molecule has 0 amide bonds. The average molecular weight is 254 g/mol. The van der Waals surface area contributed by atoms with Crippen LogP contribution in [0.1, 0.15) is 19.8 Å². The lowest BCUT2D eigenvalue weighted by molar-refractivity contribution is 0.277. The summed E-state index contributed by atoms with van der Waals surface area (Å²) in [7, 11) is 0. The van der Waals surface area contributed by atoms with E-state index in [0.29, 0.717) is 11.1 Å². The Morgan fingerprint density at radius 1 is 1.53 bits per heavy atom. The van der Waals surface area contributed by atoms with Gasteiger partial charge in [-0.2, -0.15) is 0 Å². The summed E-state index contributed by atoms with van der Waals surface area (Å²) >= 11 is 5.87. The fraction of sp³-hybridized carbons (Fsp3) is 0.538. The second-order valence-corrected chi connectivity index (χ2v) is 4.97. The first-order valence-corrected chi connectivity index (χ1v) is 6.61. The van der Waals surface area contributed by atoms with Crippen LogP contribution in [0.15, 0.2) is 18.2 Å². The number of nitrogens with one attached hydrogen (secondary N) is 1. The summed E-state index contributed by atoms with van der Waals surface area (Å²) in [6.07, 6.45) is 2.57. The van der Waals surface area contributed by atoms with Gasteiger partial charge in [-0.25, -0.2) is 0 Å². The largest absolute Gasteiger partial charge is 0.397 e. The Hall–Kier alpha value is -0.930. The van der Waals surface area contributed by atoms with Gasteiger partial charge in [-0.05, 0) is 44.1 Å². The van der Waals surface area contributed by atoms with Crippen LogP contribution >= 0.6 is 11.6 Å². The Bertz CT molecular complexity index is 381. The van der Waals surface area contributed by atoms with Crippen molar-refractivity contribution >= 4 is 23.0 Å². The maximum atomic E-state index is 5.91. The standard InChI is InChI=1S/C13H20ClN3/c1-2-17-7-3-4-11(17)9-16-13-6-5-10(14)8-12(13)15/h5-6,8,11,16H,2-4,7,9,15H2,1H3. The van der Waals surface area contributed by atoms with E-state index in [0.717, 1.165) is 24.5 Å². The SMILES string of the molecule is CCN1CCCC1CNc1ccc(Cl)cc1N. The number of nitrogens with zero attached hydrogens (tertiary/aromatic N) is 1. The van der Waals surface area contributed by atoms with Crippen molar-refractivity contribution in [3.8, 4) is 0 Å². The van der Waals surface area contributed by atoms with Crippen LogP contribution in [0.2, 0.25) is 5.02 Å². The Labute approximate surface area is 108 Å². The molecule has 1 aliphatic heterocycles. The number of benzene rings is 1. The molecule has 0 bridgehead atoms. The first-order chi connectivity index (χ1) is 8.20. The molecule has 0 aromatic heterocycles. The van der Waals surface area contributed by atoms with E-state index < -0.39 is 0 Å². The fourth-order valence-corrected chi connectivity index (χ4v) is 2.65. The van der Waals surface area contributed by atoms with Crippen LogP contribution in [0, 0.1) is 0 Å². The number of halogens is 1. The van der Waals surface area contributed by atoms with Crippen molar-refractivity contribution in [1.29, 1.82) is 0 Å². The normalized spacial score (nSPS) is 20.7. The third kappa shape index (κ3) is 3.05. The second-order valence-electron chi connectivity index (χ2n) is 4.54. The molecule has 0 spiro atoms. The summed E-state index contributed by atoms with van der Waals surface area (Å²) in [6.45, 7) is 5.52. The molecule has 94 valence electrons. The van der Waals surface area contributed by atoms with Gasteiger partial charge in [0.2, 0.25) is 0 Å². The first-order valence-electron chi connectivity index (χ1n) is 6.23. The predicted octanol–water partition coefficient (Wildman–Crippen LogP) is 2.82. The van der Waals surface area contributed by atoms with E-state index in [1.54, 1.807) is 6.07 Å². The molecule has 1 heterocycles. The molecular weight excluding hydrogens is 234 g/mol. The van der Waals surface area contributed by atoms with Gasteiger partial charge in [0.1, 0.15) is 0 Å². The molecule has 4 heteroatoms. The van der Waals surface area contributed by atoms with Gasteiger partial charge in [0.15, 0.2) is 0 Å². The van der Waals surface area contributed by atoms with E-state index in [2.05, 4.69) is 17.1 Å². The Morgan fingerprint density at radius 3 is 3.06 bits per heavy atom. The van der Waals surface area contributed by atoms with Crippen molar-refractivity contribution < 1.29 is 0 Å². The molecule has 0 saturated carbocycles. The van der Waals surface area contributed by atoms with E-state index in [1.807, 2.05) is 12.1 Å². The van der Waals surface area contributed by atoms with Crippen LogP contribution in [0.25, 0.3) is 0 Å². The number of likely N-dealkylation sites (N-methyl/N-ethyl adjacent to an activating group) is 1. The van der Waals surface area contributed by atoms with Crippen molar-refractivity contribution in [1.82, 2.24) is 4.90 Å². The number of anilines is 2. The molecular formula is C13H20ClN3. The van der Waals surface area contributed by atoms with Gasteiger partial charge in [-0.3, -0.25) is 4.90 Å². The molecule has 1 unspecified atom stereocenters. The number of hydrogen-bond acceptors (Lipinski definition) is 3. The lowest BCUT2D eigenvalue weighted by Gasteiger charge is -2.23. The highest BCUT2D eigenvalue weighted by Crippen LogP contribution is 2.24. The highest BCUT2D eigenvalue weighted by molar-refractivity contribution is 6.31. The summed E-state index contributed by atoms with van der Waals surface area (Å²) in [5, 5.41) is 4.11. The van der Waals surface area contributed by atoms with Gasteiger partial charge >= 0.3 is 0 Å². The van der Waals surface area contributed by atoms with Gasteiger partial charge < -0.3 is 11.1 Å². The molecule has 3 nitrogen and oxygen atoms in total. The maximum absolute atomic E-state index is 5.91. The van der Waals surface area contributed by atoms with Crippen LogP contribution in [-0.4, -0.2) is 30.6 Å². The zero-order valence-corrected chi connectivity index (χ0v) is 11.0. The molecule has 1 atom stereocenters. The molecule has 17 heavy (non-hydrogen) atoms. The summed E-state index contributed by atoms with van der Waals surface area (Å²) in [5.74, 6) is 0. The Balaban J connectivity index is 1.93. The van der Waals surface area contributed by atoms with Crippen LogP contribution in [0.4, 0.5) is 11.4 Å². The number of hydrogen-bond donors (Lipinski definition) is 2. The van der Waals surface area contributed by atoms with E-state index in [4.69, 9.17) is 17.3 Å². The summed E-state index contributed by atoms with van der Waals surface area (Å²) in [4.78, 5) is 2.51. The smallest absolute Gasteiger partial charge is 0.0575 e. The number of rotatable bonds is 4. The monoisotopic (exact) mass is 253 g/mol. The van der Waals surface area contributed by atoms with Gasteiger partial charge in [-0.1, -0.05) is 18.5 Å². The predicted molar refractivity (Wildman–Crippen MR) is 74.6 cm³/mol. The fourth-order valence-electron chi connectivity index (χ4n) is 2.46. The van der Waals surface area contributed by atoms with E-state index in [1.165, 1.54) is 19.4 Å². The van der Waals surface area contributed by atoms with E-state index in [9.17, 15) is 0 Å². The number of nitrogens with two attached hydrogens (primary N) is 1. The molecule has 3 N–H and O–H groups in total. The quantitative estimate of drug-likeness (QED) is 0.811. The lowest BCUT2D eigenvalue weighted by atomic mass is 10.2. The van der Waals surface area contributed by atoms with Gasteiger partial charge in [-0.15, -0.1) is 0 Å². The van der Waals surface area contributed by atoms with Crippen LogP contribution in [0.5, 0.6) is 0 Å². The van der Waals surface area contributed by atoms with Crippen LogP contribution in [0.3, 0.4) is 0 Å². The third-order valence-corrected chi connectivity index (χ3v) is 3.68. The van der Waals surface area contributed by atoms with Gasteiger partial charge in [0, 0.05) is 17.6 Å². The molecule has 1 aliphatic rings. The van der Waals surface area contributed by atoms with Crippen molar-refractivity contribution in [2.45, 2.75) is 25.8 Å². The van der Waals surface area contributed by atoms with E-state index in [-0.39, 0.29) is 0 Å². The lowest BCUT2D eigenvalue weighted by Crippen LogP contribution is -2.34. The molecule has 0 aliphatic carbocycles. The van der Waals surface area contributed by atoms with Crippen LogP contribution in [-0.2, 0) is 0 Å². The average Bonchev–Trinajstić information content (AvgIpc) is 2.75. The maximum Gasteiger partial charge on any atom is 0.0575 e. The summed E-state index contributed by atoms with van der Waals surface area (Å²) < 4.78 is 0. The highest BCUT2D eigenvalue weighted by Gasteiger charge is 2.22. The highest BCUT2D eigenvalue weighted by atomic mass is 35.5. The van der Waals surface area contributed by atoms with Crippen molar-refractivity contribution in [3.05, 3.63) is 23.2 Å². The minimum absolute atomic E-state index is 0.634. The Morgan fingerprint density at radius 2 is 2.35 bits per heavy atom. The van der Waals surface area contributed by atoms with Crippen LogP contribution < -0.4 is 11.1 Å². The Kier molecular flexibility index (Phi) is 4.13. The topological polar surface area (TPSA) is 41.3 Å². The van der Waals surface area contributed by atoms with Crippen molar-refractivity contribution in [2.24, 2.45) is 0 Å². The minimum atomic E-state index is 0.634.